The molecule has 3 aromatic heterocycles. The van der Waals surface area contributed by atoms with Gasteiger partial charge in [0.1, 0.15) is 5.82 Å². The highest BCUT2D eigenvalue weighted by Crippen LogP contribution is 2.26. The van der Waals surface area contributed by atoms with Crippen molar-refractivity contribution in [3.63, 3.8) is 0 Å². The summed E-state index contributed by atoms with van der Waals surface area (Å²) in [5.41, 5.74) is 1.78. The first-order chi connectivity index (χ1) is 12.6. The molecule has 9 heteroatoms. The van der Waals surface area contributed by atoms with Crippen molar-refractivity contribution in [3.05, 3.63) is 47.0 Å². The molecule has 2 N–H and O–H groups in total. The molecule has 1 aliphatic heterocycles. The third-order valence-corrected chi connectivity index (χ3v) is 5.14. The number of thiophene rings is 1. The van der Waals surface area contributed by atoms with Gasteiger partial charge in [-0.3, -0.25) is 15.1 Å². The van der Waals surface area contributed by atoms with Crippen LogP contribution in [0.15, 0.2) is 29.9 Å². The number of amides is 1. The van der Waals surface area contributed by atoms with E-state index in [9.17, 15) is 9.18 Å². The number of nitrogens with zero attached hydrogens (tertiary/aromatic N) is 4. The summed E-state index contributed by atoms with van der Waals surface area (Å²) >= 11 is 1.45. The largest absolute Gasteiger partial charge is 0.348 e. The lowest BCUT2D eigenvalue weighted by molar-refractivity contribution is 0.0787. The summed E-state index contributed by atoms with van der Waals surface area (Å²) in [4.78, 5) is 27.4. The maximum absolute atomic E-state index is 13.4. The highest BCUT2D eigenvalue weighted by Gasteiger charge is 2.24. The second-order valence-corrected chi connectivity index (χ2v) is 6.98. The Labute approximate surface area is 153 Å². The maximum Gasteiger partial charge on any atom is 0.275 e. The molecule has 1 atom stereocenters. The van der Waals surface area contributed by atoms with Crippen LogP contribution in [-0.4, -0.2) is 45.5 Å². The van der Waals surface area contributed by atoms with Gasteiger partial charge in [0.05, 0.1) is 29.1 Å². The number of halogens is 1. The summed E-state index contributed by atoms with van der Waals surface area (Å²) in [6, 6.07) is 3.02. The zero-order valence-corrected chi connectivity index (χ0v) is 14.9. The van der Waals surface area contributed by atoms with Gasteiger partial charge < -0.3 is 10.2 Å². The molecule has 4 heterocycles. The van der Waals surface area contributed by atoms with E-state index in [2.05, 4.69) is 25.6 Å². The third kappa shape index (κ3) is 3.23. The normalized spacial score (nSPS) is 15.4. The number of rotatable bonds is 4. The Bertz CT molecular complexity index is 955. The summed E-state index contributed by atoms with van der Waals surface area (Å²) in [7, 11) is 0. The Morgan fingerprint density at radius 1 is 1.42 bits per heavy atom. The highest BCUT2D eigenvalue weighted by atomic mass is 32.1. The van der Waals surface area contributed by atoms with E-state index in [1.165, 1.54) is 17.4 Å². The maximum atomic E-state index is 13.4. The van der Waals surface area contributed by atoms with E-state index < -0.39 is 5.82 Å². The van der Waals surface area contributed by atoms with Gasteiger partial charge in [0.2, 0.25) is 5.95 Å². The fraction of sp³-hybridized carbons (Fsp3) is 0.294. The van der Waals surface area contributed by atoms with Crippen molar-refractivity contribution in [2.75, 3.05) is 25.1 Å². The molecular formula is C17H17FN6OS. The van der Waals surface area contributed by atoms with Crippen molar-refractivity contribution in [2.24, 2.45) is 0 Å². The molecule has 26 heavy (non-hydrogen) atoms. The number of anilines is 1. The van der Waals surface area contributed by atoms with Crippen molar-refractivity contribution in [3.8, 4) is 0 Å². The van der Waals surface area contributed by atoms with Gasteiger partial charge in [-0.15, -0.1) is 11.3 Å². The molecule has 0 aromatic carbocycles. The predicted octanol–water partition coefficient (Wildman–Crippen LogP) is 2.40. The van der Waals surface area contributed by atoms with E-state index in [1.54, 1.807) is 11.1 Å². The summed E-state index contributed by atoms with van der Waals surface area (Å²) in [6.45, 7) is 3.82. The van der Waals surface area contributed by atoms with Gasteiger partial charge in [-0.05, 0) is 30.0 Å². The van der Waals surface area contributed by atoms with Gasteiger partial charge >= 0.3 is 0 Å². The minimum atomic E-state index is -0.400. The topological polar surface area (TPSA) is 83.0 Å². The Morgan fingerprint density at radius 2 is 2.31 bits per heavy atom. The van der Waals surface area contributed by atoms with E-state index in [0.29, 0.717) is 35.9 Å². The van der Waals surface area contributed by atoms with Gasteiger partial charge in [-0.25, -0.2) is 14.4 Å². The van der Waals surface area contributed by atoms with Gasteiger partial charge in [0.25, 0.3) is 5.91 Å². The fourth-order valence-electron chi connectivity index (χ4n) is 2.85. The monoisotopic (exact) mass is 372 g/mol. The summed E-state index contributed by atoms with van der Waals surface area (Å²) in [5.74, 6) is -0.182. The summed E-state index contributed by atoms with van der Waals surface area (Å²) in [5, 5.41) is 8.18. The van der Waals surface area contributed by atoms with Crippen LogP contribution in [0.3, 0.4) is 0 Å². The van der Waals surface area contributed by atoms with Gasteiger partial charge in [0.15, 0.2) is 5.69 Å². The lowest BCUT2D eigenvalue weighted by atomic mass is 10.1. The Morgan fingerprint density at radius 3 is 3.08 bits per heavy atom. The highest BCUT2D eigenvalue weighted by molar-refractivity contribution is 7.17. The van der Waals surface area contributed by atoms with Crippen LogP contribution in [0.4, 0.5) is 10.3 Å². The molecule has 7 nitrogen and oxygen atoms in total. The van der Waals surface area contributed by atoms with Crippen LogP contribution in [0, 0.1) is 5.82 Å². The Hall–Kier alpha value is -2.65. The minimum absolute atomic E-state index is 0.118. The predicted molar refractivity (Wildman–Crippen MR) is 97.6 cm³/mol. The number of carbonyl (C=O) groups excluding carboxylic acids is 1. The molecule has 0 spiro atoms. The standard InChI is InChI=1S/C17H17FN6OS/c1-10(11-6-12(18)8-20-7-11)21-17-22-13-2-5-26-15(13)14(23-17)16(25)24-4-3-19-9-24/h2,5-8,10,19H,3-4,9H2,1H3,(H,21,22,23)/t10-/m0/s1. The fourth-order valence-corrected chi connectivity index (χ4v) is 3.66. The van der Waals surface area contributed by atoms with E-state index in [1.807, 2.05) is 18.4 Å². The average Bonchev–Trinajstić information content (AvgIpc) is 3.32. The van der Waals surface area contributed by atoms with Crippen LogP contribution in [0.5, 0.6) is 0 Å². The van der Waals surface area contributed by atoms with E-state index >= 15 is 0 Å². The van der Waals surface area contributed by atoms with E-state index in [0.717, 1.165) is 17.4 Å². The van der Waals surface area contributed by atoms with Crippen LogP contribution >= 0.6 is 11.3 Å². The molecule has 1 fully saturated rings. The number of carbonyl (C=O) groups is 1. The first kappa shape index (κ1) is 16.8. The van der Waals surface area contributed by atoms with Crippen molar-refractivity contribution >= 4 is 33.4 Å². The lowest BCUT2D eigenvalue weighted by Crippen LogP contribution is -2.30. The quantitative estimate of drug-likeness (QED) is 0.732. The molecule has 1 amide bonds. The van der Waals surface area contributed by atoms with Crippen LogP contribution in [-0.2, 0) is 0 Å². The van der Waals surface area contributed by atoms with Crippen LogP contribution < -0.4 is 10.6 Å². The van der Waals surface area contributed by atoms with Crippen LogP contribution in [0.2, 0.25) is 0 Å². The lowest BCUT2D eigenvalue weighted by Gasteiger charge is -2.17. The smallest absolute Gasteiger partial charge is 0.275 e. The molecule has 0 aliphatic carbocycles. The molecule has 1 saturated heterocycles. The van der Waals surface area contributed by atoms with E-state index in [4.69, 9.17) is 0 Å². The molecule has 3 aromatic rings. The molecule has 0 unspecified atom stereocenters. The number of aromatic nitrogens is 3. The average molecular weight is 372 g/mol. The number of nitrogens with one attached hydrogen (secondary N) is 2. The first-order valence-electron chi connectivity index (χ1n) is 8.24. The van der Waals surface area contributed by atoms with Crippen molar-refractivity contribution in [1.82, 2.24) is 25.2 Å². The molecule has 134 valence electrons. The molecule has 0 saturated carbocycles. The van der Waals surface area contributed by atoms with Crippen molar-refractivity contribution in [2.45, 2.75) is 13.0 Å². The minimum Gasteiger partial charge on any atom is -0.348 e. The van der Waals surface area contributed by atoms with Crippen LogP contribution in [0.25, 0.3) is 10.2 Å². The van der Waals surface area contributed by atoms with Gasteiger partial charge in [-0.2, -0.15) is 0 Å². The van der Waals surface area contributed by atoms with Crippen LogP contribution in [0.1, 0.15) is 29.0 Å². The number of hydrogen-bond acceptors (Lipinski definition) is 7. The molecule has 0 bridgehead atoms. The van der Waals surface area contributed by atoms with Gasteiger partial charge in [0, 0.05) is 19.3 Å². The second kappa shape index (κ2) is 6.93. The zero-order valence-electron chi connectivity index (χ0n) is 14.1. The SMILES string of the molecule is C[C@H](Nc1nc(C(=O)N2CCNC2)c2sccc2n1)c1cncc(F)c1. The molecule has 1 aliphatic rings. The zero-order chi connectivity index (χ0) is 18.1. The van der Waals surface area contributed by atoms with E-state index in [-0.39, 0.29) is 11.9 Å². The van der Waals surface area contributed by atoms with Crippen molar-refractivity contribution in [1.29, 1.82) is 0 Å². The number of fused-ring (bicyclic) bond motifs is 1. The summed E-state index contributed by atoms with van der Waals surface area (Å²) < 4.78 is 14.2. The second-order valence-electron chi connectivity index (χ2n) is 6.06. The number of pyridine rings is 1. The first-order valence-corrected chi connectivity index (χ1v) is 9.12. The Kier molecular flexibility index (Phi) is 4.48. The third-order valence-electron chi connectivity index (χ3n) is 4.23. The molecule has 0 radical (unpaired) electrons. The van der Waals surface area contributed by atoms with Crippen molar-refractivity contribution < 1.29 is 9.18 Å². The number of hydrogen-bond donors (Lipinski definition) is 2. The molecular weight excluding hydrogens is 355 g/mol. The Balaban J connectivity index is 1.66. The molecule has 4 rings (SSSR count). The summed E-state index contributed by atoms with van der Waals surface area (Å²) in [6.07, 6.45) is 2.75. The van der Waals surface area contributed by atoms with Gasteiger partial charge in [-0.1, -0.05) is 0 Å².